The minimum atomic E-state index is -0.155. The van der Waals surface area contributed by atoms with Crippen LogP contribution in [-0.2, 0) is 26.8 Å². The third-order valence-electron chi connectivity index (χ3n) is 4.28. The van der Waals surface area contributed by atoms with Crippen LogP contribution in [0.2, 0.25) is 0 Å². The van der Waals surface area contributed by atoms with Gasteiger partial charge in [0.2, 0.25) is 0 Å². The van der Waals surface area contributed by atoms with Gasteiger partial charge in [-0.15, -0.1) is 0 Å². The molecule has 1 rings (SSSR count). The van der Waals surface area contributed by atoms with Gasteiger partial charge in [0.05, 0.1) is 13.5 Å². The number of hydrogen-bond acceptors (Lipinski definition) is 4. The zero-order valence-corrected chi connectivity index (χ0v) is 17.7. The van der Waals surface area contributed by atoms with Gasteiger partial charge >= 0.3 is 5.97 Å². The number of ether oxygens (including phenoxy) is 1. The fourth-order valence-corrected chi connectivity index (χ4v) is 3.48. The molecular formula is C21H34O3S. The molecule has 1 aromatic rings. The van der Waals surface area contributed by atoms with Gasteiger partial charge in [-0.05, 0) is 46.1 Å². The maximum absolute atomic E-state index is 11.1. The monoisotopic (exact) mass is 366 g/mol. The molecule has 0 saturated heterocycles. The molecule has 0 spiro atoms. The van der Waals surface area contributed by atoms with Crippen molar-refractivity contribution < 1.29 is 14.6 Å². The summed E-state index contributed by atoms with van der Waals surface area (Å²) in [6.45, 7) is 13.0. The van der Waals surface area contributed by atoms with E-state index in [2.05, 4.69) is 58.4 Å². The van der Waals surface area contributed by atoms with Crippen LogP contribution >= 0.6 is 11.8 Å². The predicted molar refractivity (Wildman–Crippen MR) is 108 cm³/mol. The lowest BCUT2D eigenvalue weighted by molar-refractivity contribution is -0.140. The highest BCUT2D eigenvalue weighted by Gasteiger charge is 2.24. The van der Waals surface area contributed by atoms with Crippen molar-refractivity contribution in [2.75, 3.05) is 18.6 Å². The summed E-state index contributed by atoms with van der Waals surface area (Å²) in [7, 11) is 1.42. The second-order valence-corrected chi connectivity index (χ2v) is 9.80. The quantitative estimate of drug-likeness (QED) is 0.531. The number of carbonyl (C=O) groups is 1. The second-order valence-electron chi connectivity index (χ2n) is 8.57. The average molecular weight is 367 g/mol. The van der Waals surface area contributed by atoms with E-state index in [1.165, 1.54) is 12.7 Å². The van der Waals surface area contributed by atoms with E-state index in [1.807, 2.05) is 0 Å². The number of phenolic OH excluding ortho intramolecular Hbond substituents is 1. The zero-order valence-electron chi connectivity index (χ0n) is 16.9. The minimum absolute atomic E-state index is 0.0533. The summed E-state index contributed by atoms with van der Waals surface area (Å²) in [5, 5.41) is 10.8. The first kappa shape index (κ1) is 21.9. The number of esters is 1. The van der Waals surface area contributed by atoms with Crippen LogP contribution in [0.1, 0.15) is 71.1 Å². The molecule has 142 valence electrons. The number of hydrogen-bond donors (Lipinski definition) is 1. The van der Waals surface area contributed by atoms with Gasteiger partial charge in [0.15, 0.2) is 0 Å². The topological polar surface area (TPSA) is 46.5 Å². The Hall–Kier alpha value is -1.16. The van der Waals surface area contributed by atoms with Gasteiger partial charge in [-0.3, -0.25) is 4.79 Å². The molecule has 4 heteroatoms. The summed E-state index contributed by atoms with van der Waals surface area (Å²) in [5.74, 6) is 2.05. The minimum Gasteiger partial charge on any atom is -0.507 e. The molecule has 0 saturated carbocycles. The molecule has 3 nitrogen and oxygen atoms in total. The summed E-state index contributed by atoms with van der Waals surface area (Å²) in [6, 6.07) is 4.31. The van der Waals surface area contributed by atoms with E-state index in [0.29, 0.717) is 12.2 Å². The smallest absolute Gasteiger partial charge is 0.306 e. The highest BCUT2D eigenvalue weighted by atomic mass is 32.2. The van der Waals surface area contributed by atoms with Crippen molar-refractivity contribution >= 4 is 17.7 Å². The van der Waals surface area contributed by atoms with Crippen molar-refractivity contribution in [3.63, 3.8) is 0 Å². The number of thioether (sulfide) groups is 1. The summed E-state index contributed by atoms with van der Waals surface area (Å²) in [5.41, 5.74) is 3.29. The van der Waals surface area contributed by atoms with Crippen LogP contribution < -0.4 is 0 Å². The maximum atomic E-state index is 11.1. The lowest BCUT2D eigenvalue weighted by Crippen LogP contribution is -2.17. The summed E-state index contributed by atoms with van der Waals surface area (Å²) < 4.78 is 4.65. The molecular weight excluding hydrogens is 332 g/mol. The van der Waals surface area contributed by atoms with Crippen molar-refractivity contribution in [2.45, 2.75) is 71.6 Å². The van der Waals surface area contributed by atoms with Crippen LogP contribution in [-0.4, -0.2) is 29.7 Å². The zero-order chi connectivity index (χ0) is 19.3. The van der Waals surface area contributed by atoms with E-state index in [0.717, 1.165) is 35.5 Å². The fraction of sp³-hybridized carbons (Fsp3) is 0.667. The Balaban J connectivity index is 2.80. The van der Waals surface area contributed by atoms with Crippen LogP contribution in [0.5, 0.6) is 5.75 Å². The van der Waals surface area contributed by atoms with Gasteiger partial charge in [0.25, 0.3) is 0 Å². The molecule has 1 aromatic carbocycles. The third-order valence-corrected chi connectivity index (χ3v) is 5.35. The fourth-order valence-electron chi connectivity index (χ4n) is 2.61. The van der Waals surface area contributed by atoms with E-state index in [1.54, 1.807) is 11.8 Å². The molecule has 0 amide bonds. The largest absolute Gasteiger partial charge is 0.507 e. The van der Waals surface area contributed by atoms with E-state index in [4.69, 9.17) is 0 Å². The van der Waals surface area contributed by atoms with Gasteiger partial charge in [0, 0.05) is 5.75 Å². The van der Waals surface area contributed by atoms with E-state index < -0.39 is 0 Å². The Kier molecular flexibility index (Phi) is 7.86. The van der Waals surface area contributed by atoms with Gasteiger partial charge in [0.1, 0.15) is 5.75 Å². The molecule has 0 bridgehead atoms. The molecule has 0 aliphatic heterocycles. The van der Waals surface area contributed by atoms with E-state index >= 15 is 0 Å². The molecule has 0 unspecified atom stereocenters. The van der Waals surface area contributed by atoms with Crippen molar-refractivity contribution in [3.05, 3.63) is 28.8 Å². The van der Waals surface area contributed by atoms with Crippen molar-refractivity contribution in [2.24, 2.45) is 0 Å². The normalized spacial score (nSPS) is 12.3. The number of aromatic hydroxyl groups is 1. The molecule has 0 aliphatic rings. The van der Waals surface area contributed by atoms with Gasteiger partial charge < -0.3 is 9.84 Å². The molecule has 0 atom stereocenters. The first-order valence-corrected chi connectivity index (χ1v) is 10.1. The molecule has 0 fully saturated rings. The average Bonchev–Trinajstić information content (AvgIpc) is 2.49. The highest BCUT2D eigenvalue weighted by Crippen LogP contribution is 2.38. The number of methoxy groups -OCH3 is 1. The van der Waals surface area contributed by atoms with Crippen molar-refractivity contribution in [1.29, 1.82) is 0 Å². The Labute approximate surface area is 157 Å². The molecule has 0 aromatic heterocycles. The maximum Gasteiger partial charge on any atom is 0.306 e. The third kappa shape index (κ3) is 6.93. The van der Waals surface area contributed by atoms with Crippen LogP contribution in [0.3, 0.4) is 0 Å². The van der Waals surface area contributed by atoms with Crippen molar-refractivity contribution in [3.8, 4) is 5.75 Å². The highest BCUT2D eigenvalue weighted by molar-refractivity contribution is 7.99. The number of benzene rings is 1. The van der Waals surface area contributed by atoms with Crippen molar-refractivity contribution in [1.82, 2.24) is 0 Å². The molecule has 1 N–H and O–H groups in total. The molecule has 0 heterocycles. The van der Waals surface area contributed by atoms with Gasteiger partial charge in [-0.25, -0.2) is 0 Å². The lowest BCUT2D eigenvalue weighted by Gasteiger charge is -2.27. The first-order chi connectivity index (χ1) is 11.5. The number of carbonyl (C=O) groups excluding carboxylic acids is 1. The SMILES string of the molecule is COC(=O)CCSCCCc1cc(C(C)(C)C)cc(C(C)(C)C)c1O. The van der Waals surface area contributed by atoms with Crippen LogP contribution in [0.25, 0.3) is 0 Å². The first-order valence-electron chi connectivity index (χ1n) is 8.98. The predicted octanol–water partition coefficient (Wildman–Crippen LogP) is 5.22. The van der Waals surface area contributed by atoms with Crippen LogP contribution in [0.4, 0.5) is 0 Å². The Morgan fingerprint density at radius 3 is 2.24 bits per heavy atom. The number of aryl methyl sites for hydroxylation is 1. The van der Waals surface area contributed by atoms with Crippen LogP contribution in [0, 0.1) is 0 Å². The standard InChI is InChI=1S/C21H34O3S/c1-20(2,3)16-13-15(19(23)17(14-16)21(4,5)6)9-8-11-25-12-10-18(22)24-7/h13-14,23H,8-12H2,1-7H3. The van der Waals surface area contributed by atoms with Crippen LogP contribution in [0.15, 0.2) is 12.1 Å². The second kappa shape index (κ2) is 8.98. The van der Waals surface area contributed by atoms with E-state index in [9.17, 15) is 9.90 Å². The Bertz CT molecular complexity index is 580. The van der Waals surface area contributed by atoms with Gasteiger partial charge in [-0.1, -0.05) is 53.7 Å². The molecule has 0 radical (unpaired) electrons. The lowest BCUT2D eigenvalue weighted by atomic mass is 9.78. The molecule has 0 aliphatic carbocycles. The number of phenols is 1. The Morgan fingerprint density at radius 2 is 1.72 bits per heavy atom. The Morgan fingerprint density at radius 1 is 1.08 bits per heavy atom. The molecule has 25 heavy (non-hydrogen) atoms. The summed E-state index contributed by atoms with van der Waals surface area (Å²) >= 11 is 1.76. The van der Waals surface area contributed by atoms with Gasteiger partial charge in [-0.2, -0.15) is 11.8 Å². The summed E-state index contributed by atoms with van der Waals surface area (Å²) in [6.07, 6.45) is 2.29. The van der Waals surface area contributed by atoms with E-state index in [-0.39, 0.29) is 16.8 Å². The number of rotatable bonds is 7. The summed E-state index contributed by atoms with van der Waals surface area (Å²) in [4.78, 5) is 11.1.